The predicted octanol–water partition coefficient (Wildman–Crippen LogP) is 4.57. The van der Waals surface area contributed by atoms with Crippen molar-refractivity contribution in [1.82, 2.24) is 5.32 Å². The molecule has 0 atom stereocenters. The second-order valence-corrected chi connectivity index (χ2v) is 8.05. The summed E-state index contributed by atoms with van der Waals surface area (Å²) in [7, 11) is 0. The predicted molar refractivity (Wildman–Crippen MR) is 112 cm³/mol. The second-order valence-electron chi connectivity index (χ2n) is 5.31. The Morgan fingerprint density at radius 3 is 2.52 bits per heavy atom. The van der Waals surface area contributed by atoms with Crippen LogP contribution < -0.4 is 10.1 Å². The maximum atomic E-state index is 12.2. The summed E-state index contributed by atoms with van der Waals surface area (Å²) in [4.78, 5) is 27.8. The zero-order valence-corrected chi connectivity index (χ0v) is 17.6. The second kappa shape index (κ2) is 8.73. The molecule has 0 bridgehead atoms. The van der Waals surface area contributed by atoms with Crippen molar-refractivity contribution < 1.29 is 19.4 Å². The van der Waals surface area contributed by atoms with E-state index >= 15 is 0 Å². The number of rotatable bonds is 5. The van der Waals surface area contributed by atoms with Gasteiger partial charge in [0.15, 0.2) is 11.8 Å². The van der Waals surface area contributed by atoms with Gasteiger partial charge in [0, 0.05) is 0 Å². The van der Waals surface area contributed by atoms with Crippen LogP contribution >= 0.6 is 43.6 Å². The molecule has 6 nitrogen and oxygen atoms in total. The number of hydrogen-bond donors (Lipinski definition) is 2. The fraction of sp³-hybridized carbons (Fsp3) is 0.0556. The molecule has 3 rings (SSSR count). The van der Waals surface area contributed by atoms with Crippen LogP contribution in [0.4, 0.5) is 5.69 Å². The SMILES string of the molecule is O=C(O)COc1c(Br)cc(/C=C2\SC(=Nc3ccccc3)NC2=O)cc1Br. The van der Waals surface area contributed by atoms with E-state index in [0.29, 0.717) is 24.8 Å². The number of carbonyl (C=O) groups excluding carboxylic acids is 1. The molecule has 138 valence electrons. The minimum absolute atomic E-state index is 0.229. The van der Waals surface area contributed by atoms with E-state index in [0.717, 1.165) is 11.3 Å². The number of hydrogen-bond acceptors (Lipinski definition) is 5. The summed E-state index contributed by atoms with van der Waals surface area (Å²) >= 11 is 7.97. The lowest BCUT2D eigenvalue weighted by molar-refractivity contribution is -0.139. The first-order valence-corrected chi connectivity index (χ1v) is 10.0. The molecular formula is C18H12Br2N2O4S. The van der Waals surface area contributed by atoms with Crippen molar-refractivity contribution in [3.63, 3.8) is 0 Å². The smallest absolute Gasteiger partial charge is 0.341 e. The van der Waals surface area contributed by atoms with Gasteiger partial charge in [-0.05, 0) is 79.5 Å². The number of thioether (sulfide) groups is 1. The van der Waals surface area contributed by atoms with Gasteiger partial charge in [-0.1, -0.05) is 18.2 Å². The minimum Gasteiger partial charge on any atom is -0.480 e. The summed E-state index contributed by atoms with van der Waals surface area (Å²) in [5, 5.41) is 12.0. The van der Waals surface area contributed by atoms with E-state index < -0.39 is 12.6 Å². The van der Waals surface area contributed by atoms with Gasteiger partial charge in [-0.2, -0.15) is 0 Å². The molecule has 1 amide bonds. The average molecular weight is 512 g/mol. The quantitative estimate of drug-likeness (QED) is 0.574. The molecule has 27 heavy (non-hydrogen) atoms. The fourth-order valence-corrected chi connectivity index (χ4v) is 4.48. The van der Waals surface area contributed by atoms with Crippen LogP contribution in [0.5, 0.6) is 5.75 Å². The number of benzene rings is 2. The molecule has 0 aliphatic carbocycles. The van der Waals surface area contributed by atoms with Crippen LogP contribution in [0.15, 0.2) is 61.3 Å². The van der Waals surface area contributed by atoms with Gasteiger partial charge < -0.3 is 15.2 Å². The number of halogens is 2. The monoisotopic (exact) mass is 510 g/mol. The van der Waals surface area contributed by atoms with E-state index in [2.05, 4.69) is 42.2 Å². The van der Waals surface area contributed by atoms with E-state index in [1.807, 2.05) is 30.3 Å². The molecular weight excluding hydrogens is 500 g/mol. The lowest BCUT2D eigenvalue weighted by Crippen LogP contribution is -2.19. The van der Waals surface area contributed by atoms with Crippen LogP contribution in [-0.2, 0) is 9.59 Å². The van der Waals surface area contributed by atoms with Gasteiger partial charge >= 0.3 is 5.97 Å². The molecule has 0 radical (unpaired) electrons. The van der Waals surface area contributed by atoms with Crippen molar-refractivity contribution in [1.29, 1.82) is 0 Å². The van der Waals surface area contributed by atoms with Gasteiger partial charge in [-0.25, -0.2) is 9.79 Å². The number of nitrogens with zero attached hydrogens (tertiary/aromatic N) is 1. The van der Waals surface area contributed by atoms with Crippen molar-refractivity contribution in [2.75, 3.05) is 6.61 Å². The van der Waals surface area contributed by atoms with Crippen LogP contribution in [-0.4, -0.2) is 28.8 Å². The van der Waals surface area contributed by atoms with Gasteiger partial charge in [0.1, 0.15) is 5.75 Å². The summed E-state index contributed by atoms with van der Waals surface area (Å²) in [6.07, 6.45) is 1.73. The first-order valence-electron chi connectivity index (χ1n) is 7.60. The number of nitrogens with one attached hydrogen (secondary N) is 1. The Labute approximate surface area is 176 Å². The molecule has 9 heteroatoms. The molecule has 1 aliphatic rings. The Bertz CT molecular complexity index is 938. The van der Waals surface area contributed by atoms with E-state index in [4.69, 9.17) is 9.84 Å². The number of para-hydroxylation sites is 1. The molecule has 2 aromatic rings. The first kappa shape index (κ1) is 19.7. The van der Waals surface area contributed by atoms with Crippen molar-refractivity contribution in [2.45, 2.75) is 0 Å². The highest BCUT2D eigenvalue weighted by Crippen LogP contribution is 2.36. The zero-order chi connectivity index (χ0) is 19.4. The van der Waals surface area contributed by atoms with Gasteiger partial charge in [0.25, 0.3) is 5.91 Å². The minimum atomic E-state index is -1.07. The highest BCUT2D eigenvalue weighted by molar-refractivity contribution is 9.11. The zero-order valence-electron chi connectivity index (χ0n) is 13.6. The molecule has 1 heterocycles. The van der Waals surface area contributed by atoms with E-state index in [1.54, 1.807) is 18.2 Å². The molecule has 1 aliphatic heterocycles. The summed E-state index contributed by atoms with van der Waals surface area (Å²) in [5.74, 6) is -0.910. The van der Waals surface area contributed by atoms with Gasteiger partial charge in [-0.15, -0.1) is 0 Å². The van der Waals surface area contributed by atoms with Crippen molar-refractivity contribution in [2.24, 2.45) is 4.99 Å². The molecule has 0 saturated carbocycles. The number of aliphatic carboxylic acids is 1. The molecule has 1 saturated heterocycles. The lowest BCUT2D eigenvalue weighted by atomic mass is 10.2. The normalized spacial score (nSPS) is 16.6. The lowest BCUT2D eigenvalue weighted by Gasteiger charge is -2.09. The Kier molecular flexibility index (Phi) is 6.35. The van der Waals surface area contributed by atoms with E-state index in [9.17, 15) is 9.59 Å². The first-order chi connectivity index (χ1) is 12.9. The summed E-state index contributed by atoms with van der Waals surface area (Å²) in [5.41, 5.74) is 1.50. The van der Waals surface area contributed by atoms with Crippen molar-refractivity contribution >= 4 is 72.4 Å². The maximum Gasteiger partial charge on any atom is 0.341 e. The topological polar surface area (TPSA) is 88.0 Å². The largest absolute Gasteiger partial charge is 0.480 e. The van der Waals surface area contributed by atoms with Crippen molar-refractivity contribution in [3.05, 3.63) is 61.9 Å². The third kappa shape index (κ3) is 5.21. The summed E-state index contributed by atoms with van der Waals surface area (Å²) in [6, 6.07) is 12.8. The van der Waals surface area contributed by atoms with Crippen molar-refractivity contribution in [3.8, 4) is 5.75 Å². The van der Waals surface area contributed by atoms with E-state index in [1.165, 1.54) is 11.8 Å². The van der Waals surface area contributed by atoms with Gasteiger partial charge in [0.2, 0.25) is 0 Å². The van der Waals surface area contributed by atoms with Crippen LogP contribution in [0, 0.1) is 0 Å². The highest BCUT2D eigenvalue weighted by Gasteiger charge is 2.24. The number of carbonyl (C=O) groups is 2. The number of ether oxygens (including phenoxy) is 1. The van der Waals surface area contributed by atoms with Gasteiger partial charge in [-0.3, -0.25) is 4.79 Å². The third-order valence-corrected chi connectivity index (χ3v) is 5.38. The summed E-state index contributed by atoms with van der Waals surface area (Å²) in [6.45, 7) is -0.449. The van der Waals surface area contributed by atoms with Gasteiger partial charge in [0.05, 0.1) is 19.5 Å². The molecule has 0 unspecified atom stereocenters. The van der Waals surface area contributed by atoms with Crippen LogP contribution in [0.25, 0.3) is 6.08 Å². The number of amides is 1. The van der Waals surface area contributed by atoms with E-state index in [-0.39, 0.29) is 5.91 Å². The molecule has 0 aromatic heterocycles. The molecule has 1 fully saturated rings. The Morgan fingerprint density at radius 2 is 1.89 bits per heavy atom. The Balaban J connectivity index is 1.81. The molecule has 0 spiro atoms. The highest BCUT2D eigenvalue weighted by atomic mass is 79.9. The Hall–Kier alpha value is -2.10. The van der Waals surface area contributed by atoms with Crippen LogP contribution in [0.2, 0.25) is 0 Å². The molecule has 2 aromatic carbocycles. The molecule has 2 N–H and O–H groups in total. The number of aliphatic imine (C=N–C) groups is 1. The maximum absolute atomic E-state index is 12.2. The average Bonchev–Trinajstić information content (AvgIpc) is 2.94. The Morgan fingerprint density at radius 1 is 1.22 bits per heavy atom. The third-order valence-electron chi connectivity index (χ3n) is 3.30. The standard InChI is InChI=1S/C18H12Br2N2O4S/c19-12-6-10(7-13(20)16(12)26-9-15(23)24)8-14-17(25)22-18(27-14)21-11-4-2-1-3-5-11/h1-8H,9H2,(H,23,24)(H,21,22,25)/b14-8-. The van der Waals surface area contributed by atoms with Crippen LogP contribution in [0.1, 0.15) is 5.56 Å². The number of carboxylic acids is 1. The van der Waals surface area contributed by atoms with Crippen LogP contribution in [0.3, 0.4) is 0 Å². The summed E-state index contributed by atoms with van der Waals surface area (Å²) < 4.78 is 6.39. The number of carboxylic acid groups (broad SMARTS) is 1. The fourth-order valence-electron chi connectivity index (χ4n) is 2.19. The number of amidine groups is 1.